The van der Waals surface area contributed by atoms with Crippen molar-refractivity contribution in [2.75, 3.05) is 6.61 Å². The Kier molecular flexibility index (Phi) is 5.34. The lowest BCUT2D eigenvalue weighted by Crippen LogP contribution is -2.32. The molecular formula is C18H23N3O3S. The number of benzene rings is 1. The van der Waals surface area contributed by atoms with Crippen LogP contribution in [0.1, 0.15) is 43.5 Å². The molecule has 1 aliphatic rings. The summed E-state index contributed by atoms with van der Waals surface area (Å²) in [5, 5.41) is 3.44. The molecule has 1 aromatic heterocycles. The number of hydrogen-bond donors (Lipinski definition) is 2. The second-order valence-electron chi connectivity index (χ2n) is 6.52. The Labute approximate surface area is 151 Å². The van der Waals surface area contributed by atoms with Crippen molar-refractivity contribution in [3.05, 3.63) is 38.9 Å². The number of carbonyl (C=O) groups is 1. The maximum absolute atomic E-state index is 12.8. The Bertz CT molecular complexity index is 897. The quantitative estimate of drug-likeness (QED) is 0.803. The van der Waals surface area contributed by atoms with Crippen molar-refractivity contribution in [2.45, 2.75) is 51.8 Å². The Hall–Kier alpha value is -1.99. The molecule has 1 fully saturated rings. The van der Waals surface area contributed by atoms with Crippen molar-refractivity contribution in [3.63, 3.8) is 0 Å². The summed E-state index contributed by atoms with van der Waals surface area (Å²) < 4.78 is 7.51. The molecule has 2 aromatic rings. The van der Waals surface area contributed by atoms with E-state index in [4.69, 9.17) is 17.0 Å². The Morgan fingerprint density at radius 1 is 1.52 bits per heavy atom. The van der Waals surface area contributed by atoms with Gasteiger partial charge in [0.05, 0.1) is 23.6 Å². The first-order chi connectivity index (χ1) is 12.0. The molecule has 0 radical (unpaired) electrons. The predicted octanol–water partition coefficient (Wildman–Crippen LogP) is 2.77. The molecule has 1 amide bonds. The van der Waals surface area contributed by atoms with Crippen LogP contribution in [0.15, 0.2) is 23.0 Å². The summed E-state index contributed by atoms with van der Waals surface area (Å²) in [4.78, 5) is 28.1. The summed E-state index contributed by atoms with van der Waals surface area (Å²) in [7, 11) is 0. The van der Waals surface area contributed by atoms with Crippen LogP contribution in [0, 0.1) is 4.77 Å². The van der Waals surface area contributed by atoms with E-state index in [-0.39, 0.29) is 23.6 Å². The summed E-state index contributed by atoms with van der Waals surface area (Å²) in [5.74, 6) is -0.154. The highest BCUT2D eigenvalue weighted by molar-refractivity contribution is 7.71. The monoisotopic (exact) mass is 361 g/mol. The summed E-state index contributed by atoms with van der Waals surface area (Å²) in [6, 6.07) is 5.14. The molecule has 1 saturated heterocycles. The van der Waals surface area contributed by atoms with Crippen molar-refractivity contribution in [3.8, 4) is 0 Å². The van der Waals surface area contributed by atoms with Gasteiger partial charge in [-0.1, -0.05) is 6.92 Å². The first-order valence-electron chi connectivity index (χ1n) is 8.69. The number of fused-ring (bicyclic) bond motifs is 1. The van der Waals surface area contributed by atoms with Gasteiger partial charge < -0.3 is 15.0 Å². The van der Waals surface area contributed by atoms with E-state index >= 15 is 0 Å². The van der Waals surface area contributed by atoms with Crippen LogP contribution in [-0.2, 0) is 11.3 Å². The van der Waals surface area contributed by atoms with Gasteiger partial charge in [-0.2, -0.15) is 0 Å². The highest BCUT2D eigenvalue weighted by atomic mass is 32.1. The smallest absolute Gasteiger partial charge is 0.262 e. The number of nitrogens with one attached hydrogen (secondary N) is 2. The highest BCUT2D eigenvalue weighted by Crippen LogP contribution is 2.15. The van der Waals surface area contributed by atoms with Crippen LogP contribution >= 0.6 is 12.2 Å². The van der Waals surface area contributed by atoms with Crippen LogP contribution in [0.3, 0.4) is 0 Å². The minimum atomic E-state index is -0.154. The third kappa shape index (κ3) is 3.82. The second kappa shape index (κ2) is 7.49. The molecule has 2 heterocycles. The van der Waals surface area contributed by atoms with Crippen LogP contribution in [0.2, 0.25) is 0 Å². The molecule has 6 nitrogen and oxygen atoms in total. The third-order valence-electron chi connectivity index (χ3n) is 4.64. The van der Waals surface area contributed by atoms with Gasteiger partial charge in [-0.25, -0.2) is 0 Å². The minimum absolute atomic E-state index is 0.0332. The number of rotatable bonds is 5. The van der Waals surface area contributed by atoms with E-state index < -0.39 is 0 Å². The second-order valence-corrected chi connectivity index (χ2v) is 6.91. The first-order valence-corrected chi connectivity index (χ1v) is 9.09. The molecule has 25 heavy (non-hydrogen) atoms. The third-order valence-corrected chi connectivity index (χ3v) is 4.97. The molecule has 0 bridgehead atoms. The van der Waals surface area contributed by atoms with Gasteiger partial charge in [0.2, 0.25) is 0 Å². The molecule has 0 unspecified atom stereocenters. The maximum Gasteiger partial charge on any atom is 0.262 e. The zero-order chi connectivity index (χ0) is 18.0. The normalized spacial score (nSPS) is 18.4. The van der Waals surface area contributed by atoms with Gasteiger partial charge in [0.25, 0.3) is 11.5 Å². The van der Waals surface area contributed by atoms with Gasteiger partial charge in [0, 0.05) is 18.2 Å². The minimum Gasteiger partial charge on any atom is -0.376 e. The van der Waals surface area contributed by atoms with Crippen LogP contribution in [-0.4, -0.2) is 34.2 Å². The van der Waals surface area contributed by atoms with E-state index in [9.17, 15) is 9.59 Å². The lowest BCUT2D eigenvalue weighted by atomic mass is 10.1. The lowest BCUT2D eigenvalue weighted by Gasteiger charge is -2.14. The van der Waals surface area contributed by atoms with Gasteiger partial charge in [-0.05, 0) is 56.6 Å². The van der Waals surface area contributed by atoms with E-state index in [1.165, 1.54) is 0 Å². The lowest BCUT2D eigenvalue weighted by molar-refractivity contribution is 0.0939. The number of hydrogen-bond acceptors (Lipinski definition) is 4. The molecule has 0 saturated carbocycles. The molecule has 2 N–H and O–H groups in total. The summed E-state index contributed by atoms with van der Waals surface area (Å²) >= 11 is 5.35. The molecule has 0 spiro atoms. The van der Waals surface area contributed by atoms with E-state index in [2.05, 4.69) is 10.3 Å². The van der Waals surface area contributed by atoms with Gasteiger partial charge in [0.1, 0.15) is 0 Å². The van der Waals surface area contributed by atoms with Crippen molar-refractivity contribution in [1.29, 1.82) is 0 Å². The van der Waals surface area contributed by atoms with Gasteiger partial charge in [0.15, 0.2) is 4.77 Å². The van der Waals surface area contributed by atoms with Crippen molar-refractivity contribution >= 4 is 29.0 Å². The average molecular weight is 361 g/mol. The van der Waals surface area contributed by atoms with E-state index in [0.29, 0.717) is 27.8 Å². The molecular weight excluding hydrogens is 338 g/mol. The van der Waals surface area contributed by atoms with Crippen LogP contribution in [0.4, 0.5) is 0 Å². The molecule has 7 heteroatoms. The topological polar surface area (TPSA) is 76.1 Å². The number of carbonyl (C=O) groups excluding carboxylic acids is 1. The number of aromatic nitrogens is 2. The fourth-order valence-corrected chi connectivity index (χ4v) is 3.23. The summed E-state index contributed by atoms with van der Waals surface area (Å²) in [5.41, 5.74) is 0.938. The Balaban J connectivity index is 1.95. The van der Waals surface area contributed by atoms with E-state index in [1.54, 1.807) is 22.8 Å². The molecule has 2 atom stereocenters. The van der Waals surface area contributed by atoms with Crippen LogP contribution in [0.25, 0.3) is 10.9 Å². The van der Waals surface area contributed by atoms with Crippen molar-refractivity contribution < 1.29 is 9.53 Å². The van der Waals surface area contributed by atoms with E-state index in [1.807, 2.05) is 13.8 Å². The highest BCUT2D eigenvalue weighted by Gasteiger charge is 2.18. The molecule has 3 rings (SSSR count). The van der Waals surface area contributed by atoms with Crippen molar-refractivity contribution in [2.24, 2.45) is 0 Å². The van der Waals surface area contributed by atoms with E-state index in [0.717, 1.165) is 25.9 Å². The number of nitrogens with zero attached hydrogens (tertiary/aromatic N) is 1. The predicted molar refractivity (Wildman–Crippen MR) is 99.6 cm³/mol. The zero-order valence-electron chi connectivity index (χ0n) is 14.5. The average Bonchev–Trinajstić information content (AvgIpc) is 3.11. The van der Waals surface area contributed by atoms with Crippen molar-refractivity contribution in [1.82, 2.24) is 14.9 Å². The SMILES string of the molecule is CC[C@@H](C)NC(=O)c1ccc2c(=O)n(C[C@@H]3CCCO3)c(=S)[nH]c2c1. The number of ether oxygens (including phenoxy) is 1. The van der Waals surface area contributed by atoms with Gasteiger partial charge >= 0.3 is 0 Å². The molecule has 134 valence electrons. The molecule has 1 aliphatic heterocycles. The Morgan fingerprint density at radius 3 is 3.00 bits per heavy atom. The fourth-order valence-electron chi connectivity index (χ4n) is 2.96. The number of amides is 1. The molecule has 1 aromatic carbocycles. The number of H-pyrrole nitrogens is 1. The van der Waals surface area contributed by atoms with Gasteiger partial charge in [-0.3, -0.25) is 14.2 Å². The number of aromatic amines is 1. The molecule has 0 aliphatic carbocycles. The largest absolute Gasteiger partial charge is 0.376 e. The van der Waals surface area contributed by atoms with Crippen LogP contribution < -0.4 is 10.9 Å². The Morgan fingerprint density at radius 2 is 2.32 bits per heavy atom. The van der Waals surface area contributed by atoms with Crippen LogP contribution in [0.5, 0.6) is 0 Å². The summed E-state index contributed by atoms with van der Waals surface area (Å²) in [6.45, 7) is 5.16. The van der Waals surface area contributed by atoms with Gasteiger partial charge in [-0.15, -0.1) is 0 Å². The fraction of sp³-hybridized carbons (Fsp3) is 0.500. The standard InChI is InChI=1S/C18H23N3O3S/c1-3-11(2)19-16(22)12-6-7-14-15(9-12)20-18(25)21(17(14)23)10-13-5-4-8-24-13/h6-7,9,11,13H,3-5,8,10H2,1-2H3,(H,19,22)(H,20,25)/t11-,13+/m1/s1. The maximum atomic E-state index is 12.8. The summed E-state index contributed by atoms with van der Waals surface area (Å²) in [6.07, 6.45) is 2.84. The zero-order valence-corrected chi connectivity index (χ0v) is 15.3. The first kappa shape index (κ1) is 17.8.